The van der Waals surface area contributed by atoms with Gasteiger partial charge in [-0.1, -0.05) is 49.2 Å². The van der Waals surface area contributed by atoms with Gasteiger partial charge >= 0.3 is 0 Å². The summed E-state index contributed by atoms with van der Waals surface area (Å²) in [6.45, 7) is 0. The maximum absolute atomic E-state index is 13.2. The largest absolute Gasteiger partial charge is 0.311 e. The second kappa shape index (κ2) is 14.4. The van der Waals surface area contributed by atoms with E-state index in [4.69, 9.17) is 10.5 Å². The maximum Gasteiger partial charge on any atom is 0.170 e. The molecule has 4 aromatic rings. The summed E-state index contributed by atoms with van der Waals surface area (Å²) in [7, 11) is 0. The number of nitriles is 2. The SMILES string of the molecule is N#CC(C#N)=Cc1ccc(C2CCCC(C(=O)CC(=O)c3ccc(N(c4ccccc4)c4ccccc4)cc3)CCC2)s1. The number of hydrogen-bond donors (Lipinski definition) is 0. The van der Waals surface area contributed by atoms with Gasteiger partial charge in [0.05, 0.1) is 6.42 Å². The number of benzene rings is 3. The zero-order valence-corrected chi connectivity index (χ0v) is 24.8. The van der Waals surface area contributed by atoms with Crippen LogP contribution < -0.4 is 4.90 Å². The van der Waals surface area contributed by atoms with Crippen LogP contribution in [0.4, 0.5) is 17.1 Å². The number of Topliss-reactive ketones (excluding diaryl/α,β-unsaturated/α-hetero) is 2. The number of nitrogens with zero attached hydrogens (tertiary/aromatic N) is 3. The molecule has 214 valence electrons. The fourth-order valence-corrected chi connectivity index (χ4v) is 6.94. The second-order valence-electron chi connectivity index (χ2n) is 10.9. The standard InChI is InChI=1S/C37H33N3O2S/c38-25-27(26-39)23-34-21-22-37(43-34)30-11-7-9-28(10-8-12-30)35(41)24-36(42)29-17-19-33(20-18-29)40(31-13-3-1-4-14-31)32-15-5-2-6-16-32/h1-6,13-23,28,30H,7-12,24H2. The average molecular weight is 584 g/mol. The van der Waals surface area contributed by atoms with Crippen LogP contribution in [0.5, 0.6) is 0 Å². The first-order chi connectivity index (χ1) is 21.1. The monoisotopic (exact) mass is 583 g/mol. The molecule has 0 N–H and O–H groups in total. The molecule has 0 unspecified atom stereocenters. The molecule has 5 nitrogen and oxygen atoms in total. The molecule has 0 amide bonds. The molecule has 0 aliphatic heterocycles. The van der Waals surface area contributed by atoms with Crippen molar-refractivity contribution >= 4 is 46.0 Å². The van der Waals surface area contributed by atoms with Crippen molar-refractivity contribution in [3.63, 3.8) is 0 Å². The molecule has 1 aromatic heterocycles. The molecule has 5 rings (SSSR count). The Morgan fingerprint density at radius 3 is 1.86 bits per heavy atom. The van der Waals surface area contributed by atoms with Gasteiger partial charge in [-0.05, 0) is 98.3 Å². The van der Waals surface area contributed by atoms with Gasteiger partial charge in [0.25, 0.3) is 0 Å². The van der Waals surface area contributed by atoms with Crippen molar-refractivity contribution in [2.75, 3.05) is 4.90 Å². The van der Waals surface area contributed by atoms with Crippen LogP contribution in [0.15, 0.2) is 103 Å². The van der Waals surface area contributed by atoms with Gasteiger partial charge in [-0.3, -0.25) is 9.59 Å². The van der Waals surface area contributed by atoms with Gasteiger partial charge in [0.1, 0.15) is 23.5 Å². The van der Waals surface area contributed by atoms with Crippen LogP contribution in [0, 0.1) is 28.6 Å². The van der Waals surface area contributed by atoms with Gasteiger partial charge in [-0.2, -0.15) is 10.5 Å². The lowest BCUT2D eigenvalue weighted by Gasteiger charge is -2.25. The molecular weight excluding hydrogens is 550 g/mol. The van der Waals surface area contributed by atoms with Gasteiger partial charge in [0.2, 0.25) is 0 Å². The lowest BCUT2D eigenvalue weighted by molar-refractivity contribution is -0.122. The average Bonchev–Trinajstić information content (AvgIpc) is 3.49. The van der Waals surface area contributed by atoms with E-state index in [1.165, 1.54) is 4.88 Å². The molecule has 1 fully saturated rings. The smallest absolute Gasteiger partial charge is 0.170 e. The summed E-state index contributed by atoms with van der Waals surface area (Å²) < 4.78 is 0. The topological polar surface area (TPSA) is 85.0 Å². The summed E-state index contributed by atoms with van der Waals surface area (Å²) in [5, 5.41) is 18.0. The fourth-order valence-electron chi connectivity index (χ4n) is 5.82. The lowest BCUT2D eigenvalue weighted by Crippen LogP contribution is -2.20. The van der Waals surface area contributed by atoms with Crippen molar-refractivity contribution in [1.82, 2.24) is 0 Å². The van der Waals surface area contributed by atoms with Gasteiger partial charge in [-0.15, -0.1) is 11.3 Å². The molecule has 0 bridgehead atoms. The molecule has 1 aliphatic carbocycles. The summed E-state index contributed by atoms with van der Waals surface area (Å²) in [6.07, 6.45) is 7.03. The Morgan fingerprint density at radius 1 is 0.744 bits per heavy atom. The first kappa shape index (κ1) is 29.7. The van der Waals surface area contributed by atoms with Crippen LogP contribution in [-0.2, 0) is 4.79 Å². The highest BCUT2D eigenvalue weighted by molar-refractivity contribution is 7.13. The Morgan fingerprint density at radius 2 is 1.30 bits per heavy atom. The van der Waals surface area contributed by atoms with E-state index in [1.54, 1.807) is 17.4 Å². The molecule has 6 heteroatoms. The van der Waals surface area contributed by atoms with Crippen LogP contribution in [0.25, 0.3) is 6.08 Å². The lowest BCUT2D eigenvalue weighted by atomic mass is 9.82. The van der Waals surface area contributed by atoms with Gasteiger partial charge in [0, 0.05) is 38.3 Å². The van der Waals surface area contributed by atoms with E-state index in [-0.39, 0.29) is 29.5 Å². The molecule has 1 saturated carbocycles. The summed E-state index contributed by atoms with van der Waals surface area (Å²) in [5.74, 6) is 0.260. The van der Waals surface area contributed by atoms with Crippen molar-refractivity contribution in [2.45, 2.75) is 50.9 Å². The molecule has 0 radical (unpaired) electrons. The predicted molar refractivity (Wildman–Crippen MR) is 173 cm³/mol. The van der Waals surface area contributed by atoms with Crippen molar-refractivity contribution in [2.24, 2.45) is 5.92 Å². The second-order valence-corrected chi connectivity index (χ2v) is 12.0. The number of hydrogen-bond acceptors (Lipinski definition) is 6. The minimum atomic E-state index is -0.129. The van der Waals surface area contributed by atoms with Crippen molar-refractivity contribution in [3.05, 3.63) is 118 Å². The quantitative estimate of drug-likeness (QED) is 0.111. The fraction of sp³-hybridized carbons (Fsp3) is 0.243. The molecule has 1 heterocycles. The van der Waals surface area contributed by atoms with Crippen LogP contribution in [-0.4, -0.2) is 11.6 Å². The van der Waals surface area contributed by atoms with E-state index in [0.717, 1.165) is 60.5 Å². The third-order valence-electron chi connectivity index (χ3n) is 8.05. The normalized spacial score (nSPS) is 16.5. The molecule has 0 spiro atoms. The highest BCUT2D eigenvalue weighted by Crippen LogP contribution is 2.38. The number of carbonyl (C=O) groups is 2. The van der Waals surface area contributed by atoms with Crippen molar-refractivity contribution < 1.29 is 9.59 Å². The predicted octanol–water partition coefficient (Wildman–Crippen LogP) is 9.54. The number of ketones is 2. The first-order valence-electron chi connectivity index (χ1n) is 14.7. The molecule has 43 heavy (non-hydrogen) atoms. The highest BCUT2D eigenvalue weighted by atomic mass is 32.1. The third kappa shape index (κ3) is 7.55. The Bertz CT molecular complexity index is 1600. The van der Waals surface area contributed by atoms with Crippen molar-refractivity contribution in [1.29, 1.82) is 10.5 Å². The summed E-state index contributed by atoms with van der Waals surface area (Å²) in [6, 6.07) is 35.7. The Labute approximate surface area is 257 Å². The summed E-state index contributed by atoms with van der Waals surface area (Å²) >= 11 is 1.63. The zero-order valence-electron chi connectivity index (χ0n) is 24.0. The minimum Gasteiger partial charge on any atom is -0.311 e. The molecule has 0 saturated heterocycles. The summed E-state index contributed by atoms with van der Waals surface area (Å²) in [4.78, 5) is 30.7. The number of thiophene rings is 1. The molecule has 1 aliphatic rings. The number of para-hydroxylation sites is 2. The minimum absolute atomic E-state index is 0.0480. The Hall–Kier alpha value is -4.78. The van der Waals surface area contributed by atoms with Crippen LogP contribution in [0.1, 0.15) is 71.0 Å². The summed E-state index contributed by atoms with van der Waals surface area (Å²) in [5.41, 5.74) is 3.66. The number of carbonyl (C=O) groups excluding carboxylic acids is 2. The third-order valence-corrected chi connectivity index (χ3v) is 9.25. The zero-order chi connectivity index (χ0) is 30.0. The van der Waals surface area contributed by atoms with Gasteiger partial charge < -0.3 is 4.90 Å². The van der Waals surface area contributed by atoms with E-state index in [2.05, 4.69) is 35.2 Å². The molecule has 0 atom stereocenters. The van der Waals surface area contributed by atoms with Crippen LogP contribution in [0.2, 0.25) is 0 Å². The van der Waals surface area contributed by atoms with Gasteiger partial charge in [-0.25, -0.2) is 0 Å². The maximum atomic E-state index is 13.2. The van der Waals surface area contributed by atoms with Crippen molar-refractivity contribution in [3.8, 4) is 12.1 Å². The Kier molecular flexibility index (Phi) is 9.95. The van der Waals surface area contributed by atoms with E-state index < -0.39 is 0 Å². The van der Waals surface area contributed by atoms with Crippen LogP contribution >= 0.6 is 11.3 Å². The molecular formula is C37H33N3O2S. The highest BCUT2D eigenvalue weighted by Gasteiger charge is 2.25. The number of anilines is 3. The number of rotatable bonds is 9. The molecule has 3 aromatic carbocycles. The first-order valence-corrected chi connectivity index (χ1v) is 15.5. The van der Waals surface area contributed by atoms with E-state index in [9.17, 15) is 9.59 Å². The van der Waals surface area contributed by atoms with Crippen LogP contribution in [0.3, 0.4) is 0 Å². The van der Waals surface area contributed by atoms with Gasteiger partial charge in [0.15, 0.2) is 5.78 Å². The van der Waals surface area contributed by atoms with E-state index >= 15 is 0 Å². The van der Waals surface area contributed by atoms with E-state index in [1.807, 2.05) is 78.9 Å². The Balaban J connectivity index is 1.18. The van der Waals surface area contributed by atoms with E-state index in [0.29, 0.717) is 11.5 Å². The number of allylic oxidation sites excluding steroid dienone is 1.